The van der Waals surface area contributed by atoms with E-state index < -0.39 is 0 Å². The van der Waals surface area contributed by atoms with E-state index in [0.717, 1.165) is 29.9 Å². The molecule has 1 N–H and O–H groups in total. The van der Waals surface area contributed by atoms with Crippen molar-refractivity contribution in [3.8, 4) is 5.75 Å². The highest BCUT2D eigenvalue weighted by atomic mass is 19.1. The van der Waals surface area contributed by atoms with Crippen LogP contribution in [0, 0.1) is 5.82 Å². The van der Waals surface area contributed by atoms with E-state index in [1.807, 2.05) is 30.3 Å². The molecule has 10 heteroatoms. The molecule has 37 heavy (non-hydrogen) atoms. The molecule has 0 aliphatic carbocycles. The number of amides is 1. The highest BCUT2D eigenvalue weighted by molar-refractivity contribution is 5.97. The Bertz CT molecular complexity index is 1510. The minimum Gasteiger partial charge on any atom is -0.496 e. The van der Waals surface area contributed by atoms with Gasteiger partial charge in [0.05, 0.1) is 12.6 Å². The van der Waals surface area contributed by atoms with Crippen LogP contribution in [0.5, 0.6) is 5.75 Å². The Morgan fingerprint density at radius 2 is 1.84 bits per heavy atom. The Morgan fingerprint density at radius 3 is 2.62 bits per heavy atom. The molecule has 0 unspecified atom stereocenters. The number of hydrogen-bond acceptors (Lipinski definition) is 7. The standard InChI is InChI=1S/C18H15FN2O2.C9H11N5/c1-23-17-10-16(21-15-5-3-2-4-14(15)17)18(22)20-11-12-6-8-13(19)9-7-12;1-2-6-13(5-1)8-3-4-10-9-11-7-12-14(8)9/h2-10H,11H2,1H3,(H,20,22);3-4,7H,1-2,5-6H2. The molecule has 6 rings (SSSR count). The highest BCUT2D eigenvalue weighted by Gasteiger charge is 2.16. The first kappa shape index (κ1) is 24.1. The number of nitrogens with zero attached hydrogens (tertiary/aromatic N) is 6. The van der Waals surface area contributed by atoms with Crippen LogP contribution >= 0.6 is 0 Å². The lowest BCUT2D eigenvalue weighted by atomic mass is 10.1. The van der Waals surface area contributed by atoms with Crippen LogP contribution in [-0.4, -0.2) is 50.7 Å². The summed E-state index contributed by atoms with van der Waals surface area (Å²) in [5.41, 5.74) is 1.79. The quantitative estimate of drug-likeness (QED) is 0.390. The third kappa shape index (κ3) is 5.48. The van der Waals surface area contributed by atoms with Gasteiger partial charge in [0.2, 0.25) is 0 Å². The van der Waals surface area contributed by atoms with E-state index in [-0.39, 0.29) is 17.4 Å². The number of methoxy groups -OCH3 is 1. The number of hydrogen-bond donors (Lipinski definition) is 1. The molecule has 1 aliphatic heterocycles. The summed E-state index contributed by atoms with van der Waals surface area (Å²) in [4.78, 5) is 27.2. The van der Waals surface area contributed by atoms with Crippen molar-refractivity contribution in [2.24, 2.45) is 0 Å². The van der Waals surface area contributed by atoms with Crippen LogP contribution in [-0.2, 0) is 6.54 Å². The number of ether oxygens (including phenoxy) is 1. The van der Waals surface area contributed by atoms with Gasteiger partial charge in [-0.05, 0) is 48.7 Å². The number of aromatic nitrogens is 5. The summed E-state index contributed by atoms with van der Waals surface area (Å²) in [5, 5.41) is 7.79. The molecule has 1 fully saturated rings. The molecule has 1 aliphatic rings. The van der Waals surface area contributed by atoms with Crippen molar-refractivity contribution in [3.63, 3.8) is 0 Å². The van der Waals surface area contributed by atoms with E-state index in [1.54, 1.807) is 42.3 Å². The summed E-state index contributed by atoms with van der Waals surface area (Å²) in [6.45, 7) is 2.52. The normalized spacial score (nSPS) is 12.9. The lowest BCUT2D eigenvalue weighted by Gasteiger charge is -2.17. The SMILES string of the molecule is COc1cc(C(=O)NCc2ccc(F)cc2)nc2ccccc12.c1cc(N2CCCC2)n2ncnc2n1. The van der Waals surface area contributed by atoms with E-state index in [1.165, 1.54) is 25.0 Å². The Balaban J connectivity index is 0.000000170. The molecule has 5 aromatic rings. The van der Waals surface area contributed by atoms with Gasteiger partial charge in [-0.2, -0.15) is 14.6 Å². The van der Waals surface area contributed by atoms with Gasteiger partial charge in [0.25, 0.3) is 11.7 Å². The molecule has 0 radical (unpaired) electrons. The molecule has 0 atom stereocenters. The van der Waals surface area contributed by atoms with Crippen LogP contribution in [0.4, 0.5) is 10.2 Å². The maximum absolute atomic E-state index is 12.9. The Morgan fingerprint density at radius 1 is 1.05 bits per heavy atom. The fourth-order valence-corrected chi connectivity index (χ4v) is 4.22. The molecule has 188 valence electrons. The van der Waals surface area contributed by atoms with Crippen LogP contribution in [0.15, 0.2) is 73.2 Å². The Labute approximate surface area is 212 Å². The fraction of sp³-hybridized carbons (Fsp3) is 0.222. The van der Waals surface area contributed by atoms with Gasteiger partial charge < -0.3 is 15.0 Å². The first-order valence-corrected chi connectivity index (χ1v) is 12.0. The molecule has 1 amide bonds. The molecular formula is C27H26FN7O2. The minimum atomic E-state index is -0.307. The lowest BCUT2D eigenvalue weighted by Crippen LogP contribution is -2.23. The molecule has 4 heterocycles. The largest absolute Gasteiger partial charge is 0.496 e. The zero-order valence-electron chi connectivity index (χ0n) is 20.3. The van der Waals surface area contributed by atoms with Gasteiger partial charge in [0, 0.05) is 37.3 Å². The van der Waals surface area contributed by atoms with Gasteiger partial charge >= 0.3 is 0 Å². The molecule has 3 aromatic heterocycles. The Hall–Kier alpha value is -4.60. The lowest BCUT2D eigenvalue weighted by molar-refractivity contribution is 0.0946. The van der Waals surface area contributed by atoms with E-state index in [9.17, 15) is 9.18 Å². The van der Waals surface area contributed by atoms with Crippen LogP contribution < -0.4 is 15.0 Å². The van der Waals surface area contributed by atoms with Crippen LogP contribution in [0.25, 0.3) is 16.7 Å². The van der Waals surface area contributed by atoms with Crippen LogP contribution in [0.2, 0.25) is 0 Å². The number of nitrogens with one attached hydrogen (secondary N) is 1. The molecule has 0 spiro atoms. The molecular weight excluding hydrogens is 473 g/mol. The number of pyridine rings is 1. The Kier molecular flexibility index (Phi) is 7.16. The number of carbonyl (C=O) groups is 1. The smallest absolute Gasteiger partial charge is 0.270 e. The van der Waals surface area contributed by atoms with Crippen molar-refractivity contribution in [2.45, 2.75) is 19.4 Å². The monoisotopic (exact) mass is 499 g/mol. The number of halogens is 1. The zero-order valence-corrected chi connectivity index (χ0v) is 20.3. The van der Waals surface area contributed by atoms with E-state index >= 15 is 0 Å². The maximum atomic E-state index is 12.9. The van der Waals surface area contributed by atoms with Crippen LogP contribution in [0.1, 0.15) is 28.9 Å². The maximum Gasteiger partial charge on any atom is 0.270 e. The van der Waals surface area contributed by atoms with Gasteiger partial charge in [-0.15, -0.1) is 0 Å². The van der Waals surface area contributed by atoms with E-state index in [0.29, 0.717) is 23.6 Å². The third-order valence-corrected chi connectivity index (χ3v) is 6.09. The van der Waals surface area contributed by atoms with Crippen molar-refractivity contribution in [3.05, 3.63) is 90.3 Å². The van der Waals surface area contributed by atoms with Gasteiger partial charge in [0.15, 0.2) is 0 Å². The van der Waals surface area contributed by atoms with Crippen molar-refractivity contribution in [2.75, 3.05) is 25.1 Å². The summed E-state index contributed by atoms with van der Waals surface area (Å²) >= 11 is 0. The second kappa shape index (κ2) is 11.0. The average molecular weight is 500 g/mol. The number of rotatable bonds is 5. The van der Waals surface area contributed by atoms with Gasteiger partial charge in [0.1, 0.15) is 29.4 Å². The predicted octanol–water partition coefficient (Wildman–Crippen LogP) is 4.04. The minimum absolute atomic E-state index is 0.280. The van der Waals surface area contributed by atoms with E-state index in [2.05, 4.69) is 30.3 Å². The van der Waals surface area contributed by atoms with Gasteiger partial charge in [-0.3, -0.25) is 4.79 Å². The topological polar surface area (TPSA) is 97.5 Å². The number of anilines is 1. The number of fused-ring (bicyclic) bond motifs is 2. The van der Waals surface area contributed by atoms with Crippen LogP contribution in [0.3, 0.4) is 0 Å². The summed E-state index contributed by atoms with van der Waals surface area (Å²) < 4.78 is 20.0. The summed E-state index contributed by atoms with van der Waals surface area (Å²) in [6.07, 6.45) is 5.86. The van der Waals surface area contributed by atoms with Crippen molar-refractivity contribution >= 4 is 28.4 Å². The molecule has 2 aromatic carbocycles. The van der Waals surface area contributed by atoms with E-state index in [4.69, 9.17) is 4.74 Å². The van der Waals surface area contributed by atoms with Gasteiger partial charge in [-0.1, -0.05) is 24.3 Å². The fourth-order valence-electron chi connectivity index (χ4n) is 4.22. The first-order chi connectivity index (χ1) is 18.1. The molecule has 9 nitrogen and oxygen atoms in total. The number of carbonyl (C=O) groups excluding carboxylic acids is 1. The van der Waals surface area contributed by atoms with Crippen molar-refractivity contribution in [1.82, 2.24) is 29.9 Å². The zero-order chi connectivity index (χ0) is 25.6. The average Bonchev–Trinajstić information content (AvgIpc) is 3.65. The second-order valence-electron chi connectivity index (χ2n) is 8.51. The summed E-state index contributed by atoms with van der Waals surface area (Å²) in [5.74, 6) is 1.77. The molecule has 1 saturated heterocycles. The first-order valence-electron chi connectivity index (χ1n) is 12.0. The molecule has 0 bridgehead atoms. The highest BCUT2D eigenvalue weighted by Crippen LogP contribution is 2.25. The predicted molar refractivity (Wildman–Crippen MR) is 138 cm³/mol. The van der Waals surface area contributed by atoms with Crippen molar-refractivity contribution < 1.29 is 13.9 Å². The summed E-state index contributed by atoms with van der Waals surface area (Å²) in [6, 6.07) is 17.0. The number of benzene rings is 2. The third-order valence-electron chi connectivity index (χ3n) is 6.09. The van der Waals surface area contributed by atoms with Crippen molar-refractivity contribution in [1.29, 1.82) is 0 Å². The summed E-state index contributed by atoms with van der Waals surface area (Å²) in [7, 11) is 1.56. The second-order valence-corrected chi connectivity index (χ2v) is 8.51. The molecule has 0 saturated carbocycles. The number of para-hydroxylation sites is 1. The van der Waals surface area contributed by atoms with Gasteiger partial charge in [-0.25, -0.2) is 14.4 Å².